The highest BCUT2D eigenvalue weighted by molar-refractivity contribution is 7.89. The van der Waals surface area contributed by atoms with Crippen molar-refractivity contribution in [2.75, 3.05) is 0 Å². The van der Waals surface area contributed by atoms with Gasteiger partial charge in [-0.05, 0) is 43.2 Å². The molecule has 1 aliphatic carbocycles. The lowest BCUT2D eigenvalue weighted by Gasteiger charge is -2.29. The number of nitrogens with zero attached hydrogens (tertiary/aromatic N) is 3. The van der Waals surface area contributed by atoms with Crippen molar-refractivity contribution in [3.8, 4) is 5.75 Å². The predicted octanol–water partition coefficient (Wildman–Crippen LogP) is 4.30. The third kappa shape index (κ3) is 5.73. The van der Waals surface area contributed by atoms with Crippen LogP contribution in [0.3, 0.4) is 0 Å². The van der Waals surface area contributed by atoms with Gasteiger partial charge in [0.2, 0.25) is 15.9 Å². The SMILES string of the molecule is O=C(NCc1cc(OCc2cncc(C(F)(F)F)c2)c(F)cn1)[C@@H]1C[C@@H](F)C2(CC2)N1S(=O)(=O)c1ccc(F)cc1. The summed E-state index contributed by atoms with van der Waals surface area (Å²) in [6.45, 7) is -0.757. The molecule has 0 bridgehead atoms. The van der Waals surface area contributed by atoms with E-state index in [4.69, 9.17) is 4.74 Å². The molecular formula is C26H22F6N4O4S. The van der Waals surface area contributed by atoms with E-state index in [1.165, 1.54) is 0 Å². The van der Waals surface area contributed by atoms with E-state index in [9.17, 15) is 35.2 Å². The van der Waals surface area contributed by atoms with Crippen molar-refractivity contribution in [1.82, 2.24) is 19.6 Å². The Balaban J connectivity index is 1.28. The number of hydrogen-bond donors (Lipinski definition) is 1. The molecule has 8 nitrogen and oxygen atoms in total. The van der Waals surface area contributed by atoms with Crippen LogP contribution in [0.5, 0.6) is 5.75 Å². The van der Waals surface area contributed by atoms with E-state index in [1.54, 1.807) is 0 Å². The van der Waals surface area contributed by atoms with E-state index in [0.29, 0.717) is 6.20 Å². The second-order valence-electron chi connectivity index (χ2n) is 9.77. The standard InChI is InChI=1S/C26H22F6N4O4S/c27-17-1-3-19(4-2-17)41(38,39)36-21(9-23(29)25(36)5-6-25)24(37)35-12-18-8-22(20(28)13-34-18)40-14-15-7-16(11-33-10-15)26(30,31)32/h1-4,7-8,10-11,13,21,23H,5-6,9,12,14H2,(H,35,37)/t21-,23+/m0/s1. The van der Waals surface area contributed by atoms with Crippen LogP contribution >= 0.6 is 0 Å². The van der Waals surface area contributed by atoms with Gasteiger partial charge in [-0.1, -0.05) is 0 Å². The molecule has 5 rings (SSSR count). The summed E-state index contributed by atoms with van der Waals surface area (Å²) in [4.78, 5) is 20.2. The first-order chi connectivity index (χ1) is 19.3. The summed E-state index contributed by atoms with van der Waals surface area (Å²) >= 11 is 0. The number of alkyl halides is 4. The highest BCUT2D eigenvalue weighted by atomic mass is 32.2. The van der Waals surface area contributed by atoms with E-state index in [-0.39, 0.29) is 47.7 Å². The number of carbonyl (C=O) groups is 1. The molecule has 41 heavy (non-hydrogen) atoms. The topological polar surface area (TPSA) is 101 Å². The number of benzene rings is 1. The third-order valence-electron chi connectivity index (χ3n) is 7.01. The van der Waals surface area contributed by atoms with Crippen LogP contribution in [0.4, 0.5) is 26.3 Å². The molecule has 1 saturated heterocycles. The summed E-state index contributed by atoms with van der Waals surface area (Å²) < 4.78 is 114. The molecule has 3 heterocycles. The van der Waals surface area contributed by atoms with Gasteiger partial charge in [-0.15, -0.1) is 0 Å². The lowest BCUT2D eigenvalue weighted by Crippen LogP contribution is -2.50. The number of carbonyl (C=O) groups excluding carboxylic acids is 1. The Hall–Kier alpha value is -3.72. The zero-order valence-electron chi connectivity index (χ0n) is 21.0. The van der Waals surface area contributed by atoms with Crippen LogP contribution in [-0.2, 0) is 34.1 Å². The van der Waals surface area contributed by atoms with Gasteiger partial charge in [-0.3, -0.25) is 14.8 Å². The summed E-state index contributed by atoms with van der Waals surface area (Å²) in [6.07, 6.45) is -3.59. The molecule has 2 aromatic heterocycles. The first-order valence-electron chi connectivity index (χ1n) is 12.3. The number of pyridine rings is 2. The number of hydrogen-bond acceptors (Lipinski definition) is 6. The maximum absolute atomic E-state index is 15.0. The number of aromatic nitrogens is 2. The van der Waals surface area contributed by atoms with Crippen LogP contribution in [0.15, 0.2) is 59.9 Å². The van der Waals surface area contributed by atoms with E-state index in [1.807, 2.05) is 0 Å². The van der Waals surface area contributed by atoms with Gasteiger partial charge in [0.15, 0.2) is 11.6 Å². The summed E-state index contributed by atoms with van der Waals surface area (Å²) in [7, 11) is -4.36. The van der Waals surface area contributed by atoms with Gasteiger partial charge in [-0.2, -0.15) is 17.5 Å². The van der Waals surface area contributed by atoms with Crippen LogP contribution in [0.25, 0.3) is 0 Å². The number of halogens is 6. The fourth-order valence-corrected chi connectivity index (χ4v) is 6.81. The van der Waals surface area contributed by atoms with Crippen molar-refractivity contribution in [3.63, 3.8) is 0 Å². The average molecular weight is 601 g/mol. The van der Waals surface area contributed by atoms with Crippen molar-refractivity contribution in [2.45, 2.75) is 61.2 Å². The molecule has 218 valence electrons. The quantitative estimate of drug-likeness (QED) is 0.387. The molecule has 2 fully saturated rings. The van der Waals surface area contributed by atoms with Crippen LogP contribution in [0, 0.1) is 11.6 Å². The van der Waals surface area contributed by atoms with E-state index < -0.39 is 63.7 Å². The molecular weight excluding hydrogens is 578 g/mol. The Kier molecular flexibility index (Phi) is 7.44. The van der Waals surface area contributed by atoms with E-state index in [2.05, 4.69) is 15.3 Å². The first kappa shape index (κ1) is 28.8. The summed E-state index contributed by atoms with van der Waals surface area (Å²) in [5, 5.41) is 2.49. The van der Waals surface area contributed by atoms with Crippen molar-refractivity contribution >= 4 is 15.9 Å². The van der Waals surface area contributed by atoms with Crippen molar-refractivity contribution in [2.24, 2.45) is 0 Å². The number of sulfonamides is 1. The van der Waals surface area contributed by atoms with Crippen LogP contribution in [-0.4, -0.2) is 46.4 Å². The van der Waals surface area contributed by atoms with E-state index >= 15 is 4.39 Å². The Morgan fingerprint density at radius 1 is 1.10 bits per heavy atom. The van der Waals surface area contributed by atoms with Crippen LogP contribution < -0.4 is 10.1 Å². The minimum absolute atomic E-state index is 0.0318. The molecule has 1 aliphatic heterocycles. The molecule has 0 unspecified atom stereocenters. The Bertz CT molecular complexity index is 1560. The summed E-state index contributed by atoms with van der Waals surface area (Å²) in [6, 6.07) is 4.53. The maximum Gasteiger partial charge on any atom is 0.417 e. The predicted molar refractivity (Wildman–Crippen MR) is 130 cm³/mol. The molecule has 0 radical (unpaired) electrons. The van der Waals surface area contributed by atoms with E-state index in [0.717, 1.165) is 53.1 Å². The van der Waals surface area contributed by atoms with Crippen molar-refractivity contribution < 1.29 is 44.3 Å². The highest BCUT2D eigenvalue weighted by Gasteiger charge is 2.67. The second kappa shape index (κ2) is 10.6. The zero-order chi connectivity index (χ0) is 29.6. The molecule has 1 spiro atoms. The van der Waals surface area contributed by atoms with Gasteiger partial charge in [-0.25, -0.2) is 21.6 Å². The molecule has 1 amide bonds. The zero-order valence-corrected chi connectivity index (χ0v) is 21.9. The fourth-order valence-electron chi connectivity index (χ4n) is 4.81. The fraction of sp³-hybridized carbons (Fsp3) is 0.346. The largest absolute Gasteiger partial charge is 0.486 e. The molecule has 2 aliphatic rings. The summed E-state index contributed by atoms with van der Waals surface area (Å²) in [5.74, 6) is -2.75. The first-order valence-corrected chi connectivity index (χ1v) is 13.8. The Morgan fingerprint density at radius 3 is 2.46 bits per heavy atom. The Labute approximate surface area is 230 Å². The van der Waals surface area contributed by atoms with Gasteiger partial charge in [0, 0.05) is 30.4 Å². The number of amides is 1. The normalized spacial score (nSPS) is 20.2. The monoisotopic (exact) mass is 600 g/mol. The highest BCUT2D eigenvalue weighted by Crippen LogP contribution is 2.55. The minimum Gasteiger partial charge on any atom is -0.486 e. The van der Waals surface area contributed by atoms with Gasteiger partial charge in [0.05, 0.1) is 34.4 Å². The smallest absolute Gasteiger partial charge is 0.417 e. The van der Waals surface area contributed by atoms with Crippen molar-refractivity contribution in [1.29, 1.82) is 0 Å². The second-order valence-corrected chi connectivity index (χ2v) is 11.6. The lowest BCUT2D eigenvalue weighted by atomic mass is 10.1. The van der Waals surface area contributed by atoms with Crippen molar-refractivity contribution in [3.05, 3.63) is 83.4 Å². The molecule has 15 heteroatoms. The number of rotatable bonds is 8. The molecule has 1 aromatic carbocycles. The van der Waals surface area contributed by atoms with Gasteiger partial charge >= 0.3 is 6.18 Å². The molecule has 2 atom stereocenters. The van der Waals surface area contributed by atoms with Crippen LogP contribution in [0.2, 0.25) is 0 Å². The molecule has 1 saturated carbocycles. The van der Waals surface area contributed by atoms with Gasteiger partial charge < -0.3 is 10.1 Å². The summed E-state index contributed by atoms with van der Waals surface area (Å²) in [5.41, 5.74) is -2.24. The number of ether oxygens (including phenoxy) is 1. The number of nitrogens with one attached hydrogen (secondary N) is 1. The molecule has 3 aromatic rings. The average Bonchev–Trinajstić information content (AvgIpc) is 3.66. The third-order valence-corrected chi connectivity index (χ3v) is 9.01. The maximum atomic E-state index is 15.0. The lowest BCUT2D eigenvalue weighted by molar-refractivity contribution is -0.137. The van der Waals surface area contributed by atoms with Crippen LogP contribution in [0.1, 0.15) is 36.1 Å². The van der Waals surface area contributed by atoms with Gasteiger partial charge in [0.25, 0.3) is 0 Å². The minimum atomic E-state index is -4.62. The molecule has 1 N–H and O–H groups in total. The Morgan fingerprint density at radius 2 is 1.80 bits per heavy atom. The van der Waals surface area contributed by atoms with Gasteiger partial charge in [0.1, 0.15) is 24.6 Å².